The number of rotatable bonds is 3. The van der Waals surface area contributed by atoms with Gasteiger partial charge in [0.1, 0.15) is 11.6 Å². The zero-order valence-corrected chi connectivity index (χ0v) is 12.2. The maximum absolute atomic E-state index is 13.9. The minimum absolute atomic E-state index is 0.216. The van der Waals surface area contributed by atoms with E-state index >= 15 is 0 Å². The Kier molecular flexibility index (Phi) is 3.37. The van der Waals surface area contributed by atoms with E-state index in [1.54, 1.807) is 12.1 Å². The minimum atomic E-state index is -0.216. The SMILES string of the molecule is CC(C)Cc1c(N)n[nH]c1-c1ccc(F)c2ccccc12. The summed E-state index contributed by atoms with van der Waals surface area (Å²) in [6.07, 6.45) is 0.837. The first kappa shape index (κ1) is 13.6. The molecule has 0 atom stereocenters. The Hall–Kier alpha value is -2.36. The third-order valence-electron chi connectivity index (χ3n) is 3.65. The highest BCUT2D eigenvalue weighted by atomic mass is 19.1. The molecule has 3 N–H and O–H groups in total. The molecule has 0 saturated heterocycles. The molecule has 0 unspecified atom stereocenters. The molecule has 0 spiro atoms. The highest BCUT2D eigenvalue weighted by molar-refractivity contribution is 5.97. The van der Waals surface area contributed by atoms with Gasteiger partial charge in [0.05, 0.1) is 5.69 Å². The van der Waals surface area contributed by atoms with Crippen LogP contribution in [0.4, 0.5) is 10.2 Å². The van der Waals surface area contributed by atoms with Gasteiger partial charge in [-0.15, -0.1) is 0 Å². The van der Waals surface area contributed by atoms with Crippen molar-refractivity contribution in [2.45, 2.75) is 20.3 Å². The lowest BCUT2D eigenvalue weighted by Crippen LogP contribution is -1.99. The molecule has 3 nitrogen and oxygen atoms in total. The quantitative estimate of drug-likeness (QED) is 0.758. The van der Waals surface area contributed by atoms with Gasteiger partial charge in [0.15, 0.2) is 0 Å². The summed E-state index contributed by atoms with van der Waals surface area (Å²) in [6.45, 7) is 4.28. The summed E-state index contributed by atoms with van der Waals surface area (Å²) in [7, 11) is 0. The topological polar surface area (TPSA) is 54.7 Å². The molecule has 0 aliphatic rings. The molecule has 3 aromatic rings. The second kappa shape index (κ2) is 5.20. The lowest BCUT2D eigenvalue weighted by Gasteiger charge is -2.10. The molecule has 2 aromatic carbocycles. The number of nitrogens with two attached hydrogens (primary N) is 1. The molecule has 0 radical (unpaired) electrons. The second-order valence-corrected chi connectivity index (χ2v) is 5.70. The molecule has 0 aliphatic heterocycles. The van der Waals surface area contributed by atoms with Gasteiger partial charge < -0.3 is 5.73 Å². The third-order valence-corrected chi connectivity index (χ3v) is 3.65. The fourth-order valence-electron chi connectivity index (χ4n) is 2.70. The number of nitrogens with zero attached hydrogens (tertiary/aromatic N) is 1. The number of aromatic amines is 1. The molecule has 0 saturated carbocycles. The Labute approximate surface area is 123 Å². The van der Waals surface area contributed by atoms with E-state index in [2.05, 4.69) is 24.0 Å². The van der Waals surface area contributed by atoms with Crippen LogP contribution < -0.4 is 5.73 Å². The fourth-order valence-corrected chi connectivity index (χ4v) is 2.70. The summed E-state index contributed by atoms with van der Waals surface area (Å²) in [6, 6.07) is 10.7. The van der Waals surface area contributed by atoms with E-state index in [0.717, 1.165) is 28.6 Å². The summed E-state index contributed by atoms with van der Waals surface area (Å²) in [5, 5.41) is 8.62. The van der Waals surface area contributed by atoms with Crippen LogP contribution in [-0.4, -0.2) is 10.2 Å². The van der Waals surface area contributed by atoms with Gasteiger partial charge in [0, 0.05) is 16.5 Å². The van der Waals surface area contributed by atoms with Gasteiger partial charge in [-0.3, -0.25) is 5.10 Å². The van der Waals surface area contributed by atoms with Crippen molar-refractivity contribution in [2.75, 3.05) is 5.73 Å². The van der Waals surface area contributed by atoms with Crippen molar-refractivity contribution < 1.29 is 4.39 Å². The summed E-state index contributed by atoms with van der Waals surface area (Å²) in [5.41, 5.74) is 8.81. The van der Waals surface area contributed by atoms with Crippen molar-refractivity contribution in [3.05, 3.63) is 47.8 Å². The van der Waals surface area contributed by atoms with Gasteiger partial charge in [-0.05, 0) is 29.9 Å². The first-order valence-corrected chi connectivity index (χ1v) is 7.08. The van der Waals surface area contributed by atoms with Crippen LogP contribution in [0.25, 0.3) is 22.0 Å². The summed E-state index contributed by atoms with van der Waals surface area (Å²) < 4.78 is 13.9. The minimum Gasteiger partial charge on any atom is -0.382 e. The maximum atomic E-state index is 13.9. The van der Waals surface area contributed by atoms with Crippen LogP contribution in [0.2, 0.25) is 0 Å². The van der Waals surface area contributed by atoms with Crippen LogP contribution in [0.3, 0.4) is 0 Å². The van der Waals surface area contributed by atoms with Crippen molar-refractivity contribution in [3.63, 3.8) is 0 Å². The predicted molar refractivity (Wildman–Crippen MR) is 84.4 cm³/mol. The second-order valence-electron chi connectivity index (χ2n) is 5.70. The highest BCUT2D eigenvalue weighted by Crippen LogP contribution is 2.33. The molecule has 1 heterocycles. The van der Waals surface area contributed by atoms with Crippen molar-refractivity contribution in [3.8, 4) is 11.3 Å². The Bertz CT molecular complexity index is 790. The van der Waals surface area contributed by atoms with Gasteiger partial charge in [-0.25, -0.2) is 4.39 Å². The molecular formula is C17H18FN3. The molecule has 108 valence electrons. The monoisotopic (exact) mass is 283 g/mol. The van der Waals surface area contributed by atoms with Gasteiger partial charge in [-0.1, -0.05) is 38.1 Å². The van der Waals surface area contributed by atoms with Crippen LogP contribution in [0.1, 0.15) is 19.4 Å². The Morgan fingerprint density at radius 1 is 1.14 bits per heavy atom. The summed E-state index contributed by atoms with van der Waals surface area (Å²) in [5.74, 6) is 0.773. The number of nitrogens with one attached hydrogen (secondary N) is 1. The molecule has 0 amide bonds. The highest BCUT2D eigenvalue weighted by Gasteiger charge is 2.16. The van der Waals surface area contributed by atoms with E-state index < -0.39 is 0 Å². The van der Waals surface area contributed by atoms with Gasteiger partial charge in [-0.2, -0.15) is 5.10 Å². The fraction of sp³-hybridized carbons (Fsp3) is 0.235. The van der Waals surface area contributed by atoms with Gasteiger partial charge in [0.25, 0.3) is 0 Å². The average Bonchev–Trinajstić information content (AvgIpc) is 2.81. The number of fused-ring (bicyclic) bond motifs is 1. The van der Waals surface area contributed by atoms with E-state index in [1.165, 1.54) is 6.07 Å². The zero-order chi connectivity index (χ0) is 15.0. The smallest absolute Gasteiger partial charge is 0.149 e. The number of benzene rings is 2. The number of aromatic nitrogens is 2. The number of nitrogen functional groups attached to an aromatic ring is 1. The number of H-pyrrole nitrogens is 1. The van der Waals surface area contributed by atoms with E-state index in [0.29, 0.717) is 17.1 Å². The number of hydrogen-bond acceptors (Lipinski definition) is 2. The maximum Gasteiger partial charge on any atom is 0.149 e. The van der Waals surface area contributed by atoms with Crippen LogP contribution >= 0.6 is 0 Å². The summed E-state index contributed by atoms with van der Waals surface area (Å²) >= 11 is 0. The molecule has 0 bridgehead atoms. The molecule has 21 heavy (non-hydrogen) atoms. The molecule has 1 aromatic heterocycles. The average molecular weight is 283 g/mol. The van der Waals surface area contributed by atoms with E-state index in [1.807, 2.05) is 18.2 Å². The van der Waals surface area contributed by atoms with Crippen molar-refractivity contribution in [1.82, 2.24) is 10.2 Å². The summed E-state index contributed by atoms with van der Waals surface area (Å²) in [4.78, 5) is 0. The van der Waals surface area contributed by atoms with Crippen molar-refractivity contribution in [1.29, 1.82) is 0 Å². The van der Waals surface area contributed by atoms with E-state index in [-0.39, 0.29) is 5.82 Å². The van der Waals surface area contributed by atoms with Crippen LogP contribution in [-0.2, 0) is 6.42 Å². The van der Waals surface area contributed by atoms with E-state index in [4.69, 9.17) is 5.73 Å². The van der Waals surface area contributed by atoms with Crippen molar-refractivity contribution in [2.24, 2.45) is 5.92 Å². The van der Waals surface area contributed by atoms with Crippen molar-refractivity contribution >= 4 is 16.6 Å². The number of anilines is 1. The third kappa shape index (κ3) is 2.37. The molecule has 3 rings (SSSR count). The number of halogens is 1. The largest absolute Gasteiger partial charge is 0.382 e. The first-order valence-electron chi connectivity index (χ1n) is 7.08. The van der Waals surface area contributed by atoms with Gasteiger partial charge in [0.2, 0.25) is 0 Å². The zero-order valence-electron chi connectivity index (χ0n) is 12.2. The Balaban J connectivity index is 2.24. The molecule has 4 heteroatoms. The van der Waals surface area contributed by atoms with E-state index in [9.17, 15) is 4.39 Å². The molecule has 0 aliphatic carbocycles. The normalized spacial score (nSPS) is 11.4. The Morgan fingerprint density at radius 2 is 1.86 bits per heavy atom. The Morgan fingerprint density at radius 3 is 2.57 bits per heavy atom. The number of hydrogen-bond donors (Lipinski definition) is 2. The molecular weight excluding hydrogens is 265 g/mol. The first-order chi connectivity index (χ1) is 10.1. The van der Waals surface area contributed by atoms with Crippen LogP contribution in [0.5, 0.6) is 0 Å². The van der Waals surface area contributed by atoms with Crippen LogP contribution in [0, 0.1) is 11.7 Å². The standard InChI is InChI=1S/C17H18FN3/c1-10(2)9-14-16(20-21-17(14)19)13-7-8-15(18)12-6-4-3-5-11(12)13/h3-8,10H,9H2,1-2H3,(H3,19,20,21). The van der Waals surface area contributed by atoms with Crippen LogP contribution in [0.15, 0.2) is 36.4 Å². The lowest BCUT2D eigenvalue weighted by atomic mass is 9.95. The van der Waals surface area contributed by atoms with Gasteiger partial charge >= 0.3 is 0 Å². The molecule has 0 fully saturated rings. The lowest BCUT2D eigenvalue weighted by molar-refractivity contribution is 0.640. The predicted octanol–water partition coefficient (Wildman–Crippen LogP) is 4.15.